The Kier molecular flexibility index (Phi) is 6.53. The number of nitro benzene ring substituents is 1. The second-order valence-corrected chi connectivity index (χ2v) is 7.15. The molecule has 0 fully saturated rings. The molecule has 0 radical (unpaired) electrons. The normalized spacial score (nSPS) is 14.3. The molecule has 1 aliphatic heterocycles. The zero-order valence-corrected chi connectivity index (χ0v) is 17.9. The van der Waals surface area contributed by atoms with Crippen LogP contribution >= 0.6 is 27.5 Å². The zero-order chi connectivity index (χ0) is 21.8. The average Bonchev–Trinajstić information content (AvgIpc) is 3.07. The summed E-state index contributed by atoms with van der Waals surface area (Å²) in [5, 5.41) is 11.2. The molecule has 2 aromatic rings. The Morgan fingerprint density at radius 1 is 1.37 bits per heavy atom. The van der Waals surface area contributed by atoms with Crippen LogP contribution in [0.4, 0.5) is 5.69 Å². The molecule has 0 saturated carbocycles. The van der Waals surface area contributed by atoms with E-state index in [-0.39, 0.29) is 27.9 Å². The molecule has 0 atom stereocenters. The number of benzene rings is 2. The van der Waals surface area contributed by atoms with Gasteiger partial charge in [0.2, 0.25) is 5.90 Å². The first-order chi connectivity index (χ1) is 14.3. The maximum Gasteiger partial charge on any atom is 0.363 e. The van der Waals surface area contributed by atoms with Crippen molar-refractivity contribution in [3.8, 4) is 11.5 Å². The van der Waals surface area contributed by atoms with Crippen LogP contribution in [0.3, 0.4) is 0 Å². The van der Waals surface area contributed by atoms with Crippen molar-refractivity contribution in [2.75, 3.05) is 13.7 Å². The van der Waals surface area contributed by atoms with Crippen molar-refractivity contribution in [3.63, 3.8) is 0 Å². The molecule has 0 bridgehead atoms. The molecule has 0 aromatic heterocycles. The number of cyclic esters (lactones) is 1. The fourth-order valence-electron chi connectivity index (χ4n) is 2.58. The van der Waals surface area contributed by atoms with Crippen LogP contribution in [0.2, 0.25) is 5.02 Å². The van der Waals surface area contributed by atoms with E-state index in [1.807, 2.05) is 0 Å². The molecule has 0 aliphatic carbocycles. The highest BCUT2D eigenvalue weighted by molar-refractivity contribution is 9.10. The van der Waals surface area contributed by atoms with Crippen LogP contribution in [0, 0.1) is 10.1 Å². The van der Waals surface area contributed by atoms with E-state index in [0.717, 1.165) is 0 Å². The molecular weight excluding hydrogens is 480 g/mol. The molecule has 10 heteroatoms. The van der Waals surface area contributed by atoms with Crippen molar-refractivity contribution >= 4 is 51.2 Å². The number of halogens is 2. The van der Waals surface area contributed by atoms with Gasteiger partial charge in [-0.25, -0.2) is 9.79 Å². The van der Waals surface area contributed by atoms with Gasteiger partial charge < -0.3 is 14.2 Å². The molecule has 0 unspecified atom stereocenters. The predicted molar refractivity (Wildman–Crippen MR) is 115 cm³/mol. The lowest BCUT2D eigenvalue weighted by molar-refractivity contribution is -0.384. The quantitative estimate of drug-likeness (QED) is 0.178. The molecular formula is C20H14BrClN2O6. The largest absolute Gasteiger partial charge is 0.493 e. The summed E-state index contributed by atoms with van der Waals surface area (Å²) in [5.74, 6) is 0.100. The van der Waals surface area contributed by atoms with Crippen LogP contribution < -0.4 is 9.47 Å². The fraction of sp³-hybridized carbons (Fsp3) is 0.100. The number of hydrogen-bond donors (Lipinski definition) is 0. The standard InChI is InChI=1S/C20H14BrClN2O6/c1-3-6-29-18-14(21)7-11(9-17(18)28-2)8-16-20(25)30-19(23-16)13-10-12(24(26)27)4-5-15(13)22/h3-5,7-10H,1,6H2,2H3/b16-8-. The monoisotopic (exact) mass is 492 g/mol. The summed E-state index contributed by atoms with van der Waals surface area (Å²) in [6.45, 7) is 3.90. The van der Waals surface area contributed by atoms with E-state index in [1.165, 1.54) is 31.4 Å². The SMILES string of the molecule is C=CCOc1c(Br)cc(/C=C2\N=C(c3cc([N+](=O)[O-])ccc3Cl)OC2=O)cc1OC. The van der Waals surface area contributed by atoms with Crippen molar-refractivity contribution in [1.29, 1.82) is 0 Å². The summed E-state index contributed by atoms with van der Waals surface area (Å²) >= 11 is 9.51. The number of ether oxygens (including phenoxy) is 3. The number of carbonyl (C=O) groups is 1. The van der Waals surface area contributed by atoms with Gasteiger partial charge in [0, 0.05) is 12.1 Å². The van der Waals surface area contributed by atoms with Crippen LogP contribution in [0.5, 0.6) is 11.5 Å². The Balaban J connectivity index is 1.99. The van der Waals surface area contributed by atoms with Gasteiger partial charge in [0.15, 0.2) is 17.2 Å². The molecule has 154 valence electrons. The maximum atomic E-state index is 12.3. The third-order valence-corrected chi connectivity index (χ3v) is 4.83. The van der Waals surface area contributed by atoms with Gasteiger partial charge in [-0.05, 0) is 45.8 Å². The van der Waals surface area contributed by atoms with Crippen LogP contribution in [-0.4, -0.2) is 30.5 Å². The van der Waals surface area contributed by atoms with Crippen molar-refractivity contribution < 1.29 is 23.9 Å². The minimum atomic E-state index is -0.713. The number of hydrogen-bond acceptors (Lipinski definition) is 7. The maximum absolute atomic E-state index is 12.3. The van der Waals surface area contributed by atoms with E-state index in [0.29, 0.717) is 28.1 Å². The Morgan fingerprint density at radius 3 is 2.80 bits per heavy atom. The summed E-state index contributed by atoms with van der Waals surface area (Å²) in [5.41, 5.74) is 0.539. The number of carbonyl (C=O) groups excluding carboxylic acids is 1. The average molecular weight is 494 g/mol. The van der Waals surface area contributed by atoms with Gasteiger partial charge in [-0.1, -0.05) is 24.3 Å². The van der Waals surface area contributed by atoms with Crippen molar-refractivity contribution in [2.24, 2.45) is 4.99 Å². The van der Waals surface area contributed by atoms with Gasteiger partial charge in [0.25, 0.3) is 5.69 Å². The zero-order valence-electron chi connectivity index (χ0n) is 15.6. The van der Waals surface area contributed by atoms with E-state index in [2.05, 4.69) is 27.5 Å². The first-order valence-electron chi connectivity index (χ1n) is 8.42. The first kappa shape index (κ1) is 21.5. The van der Waals surface area contributed by atoms with Gasteiger partial charge in [-0.15, -0.1) is 0 Å². The summed E-state index contributed by atoms with van der Waals surface area (Å²) in [7, 11) is 1.49. The second kappa shape index (κ2) is 9.10. The van der Waals surface area contributed by atoms with Gasteiger partial charge in [-0.3, -0.25) is 10.1 Å². The van der Waals surface area contributed by atoms with Crippen molar-refractivity contribution in [3.05, 3.63) is 79.4 Å². The Morgan fingerprint density at radius 2 is 2.13 bits per heavy atom. The van der Waals surface area contributed by atoms with Crippen LogP contribution in [-0.2, 0) is 9.53 Å². The highest BCUT2D eigenvalue weighted by Crippen LogP contribution is 2.37. The van der Waals surface area contributed by atoms with Gasteiger partial charge >= 0.3 is 5.97 Å². The molecule has 1 aliphatic rings. The molecule has 0 N–H and O–H groups in total. The summed E-state index contributed by atoms with van der Waals surface area (Å²) in [4.78, 5) is 26.9. The van der Waals surface area contributed by atoms with Gasteiger partial charge in [0.1, 0.15) is 6.61 Å². The molecule has 30 heavy (non-hydrogen) atoms. The Labute approximate surface area is 184 Å². The third-order valence-electron chi connectivity index (χ3n) is 3.91. The number of nitrogens with zero attached hydrogens (tertiary/aromatic N) is 2. The Hall–Kier alpha value is -3.17. The van der Waals surface area contributed by atoms with E-state index < -0.39 is 10.9 Å². The van der Waals surface area contributed by atoms with E-state index in [1.54, 1.807) is 18.2 Å². The highest BCUT2D eigenvalue weighted by Gasteiger charge is 2.27. The lowest BCUT2D eigenvalue weighted by Crippen LogP contribution is -2.06. The van der Waals surface area contributed by atoms with Crippen molar-refractivity contribution in [2.45, 2.75) is 0 Å². The first-order valence-corrected chi connectivity index (χ1v) is 9.59. The number of methoxy groups -OCH3 is 1. The summed E-state index contributed by atoms with van der Waals surface area (Å²) < 4.78 is 16.7. The van der Waals surface area contributed by atoms with Crippen molar-refractivity contribution in [1.82, 2.24) is 0 Å². The predicted octanol–water partition coefficient (Wildman–Crippen LogP) is 4.93. The van der Waals surface area contributed by atoms with E-state index in [4.69, 9.17) is 25.8 Å². The number of non-ortho nitro benzene ring substituents is 1. The van der Waals surface area contributed by atoms with Crippen LogP contribution in [0.25, 0.3) is 6.08 Å². The molecule has 3 rings (SSSR count). The summed E-state index contributed by atoms with van der Waals surface area (Å²) in [6.07, 6.45) is 3.09. The number of aliphatic imine (C=N–C) groups is 1. The van der Waals surface area contributed by atoms with E-state index in [9.17, 15) is 14.9 Å². The number of rotatable bonds is 7. The molecule has 0 amide bonds. The topological polar surface area (TPSA) is 100 Å². The highest BCUT2D eigenvalue weighted by atomic mass is 79.9. The number of nitro groups is 1. The molecule has 0 saturated heterocycles. The minimum absolute atomic E-state index is 0.00119. The van der Waals surface area contributed by atoms with Gasteiger partial charge in [0.05, 0.1) is 27.1 Å². The molecule has 2 aromatic carbocycles. The Bertz CT molecular complexity index is 1110. The van der Waals surface area contributed by atoms with Gasteiger partial charge in [-0.2, -0.15) is 0 Å². The van der Waals surface area contributed by atoms with Crippen LogP contribution in [0.15, 0.2) is 58.1 Å². The molecule has 0 spiro atoms. The molecule has 8 nitrogen and oxygen atoms in total. The lowest BCUT2D eigenvalue weighted by atomic mass is 10.1. The molecule has 1 heterocycles. The third kappa shape index (κ3) is 4.52. The second-order valence-electron chi connectivity index (χ2n) is 5.89. The lowest BCUT2D eigenvalue weighted by Gasteiger charge is -2.12. The van der Waals surface area contributed by atoms with Crippen LogP contribution in [0.1, 0.15) is 11.1 Å². The fourth-order valence-corrected chi connectivity index (χ4v) is 3.35. The number of esters is 1. The minimum Gasteiger partial charge on any atom is -0.493 e. The smallest absolute Gasteiger partial charge is 0.363 e. The van der Waals surface area contributed by atoms with E-state index >= 15 is 0 Å². The summed E-state index contributed by atoms with van der Waals surface area (Å²) in [6, 6.07) is 7.17.